The molecule has 5 nitrogen and oxygen atoms in total. The smallest absolute Gasteiger partial charge is 0.248 e. The molecule has 0 unspecified atom stereocenters. The van der Waals surface area contributed by atoms with E-state index < -0.39 is 0 Å². The van der Waals surface area contributed by atoms with Crippen molar-refractivity contribution in [3.63, 3.8) is 0 Å². The summed E-state index contributed by atoms with van der Waals surface area (Å²) in [5.74, 6) is 0.0124. The highest BCUT2D eigenvalue weighted by Gasteiger charge is 2.21. The van der Waals surface area contributed by atoms with Crippen molar-refractivity contribution in [1.29, 1.82) is 0 Å². The zero-order valence-electron chi connectivity index (χ0n) is 21.0. The van der Waals surface area contributed by atoms with Gasteiger partial charge in [-0.2, -0.15) is 0 Å². The van der Waals surface area contributed by atoms with Gasteiger partial charge in [0.05, 0.1) is 17.1 Å². The number of anilines is 2. The number of likely N-dealkylation sites (N-methyl/N-ethyl adjacent to an activating group) is 1. The van der Waals surface area contributed by atoms with E-state index in [1.165, 1.54) is 5.69 Å². The molecule has 0 radical (unpaired) electrons. The normalized spacial score (nSPS) is 14.3. The second-order valence-corrected chi connectivity index (χ2v) is 8.77. The van der Waals surface area contributed by atoms with Crippen molar-refractivity contribution in [2.75, 3.05) is 30.4 Å². The predicted octanol–water partition coefficient (Wildman–Crippen LogP) is 5.95. The first-order chi connectivity index (χ1) is 18.1. The highest BCUT2D eigenvalue weighted by Crippen LogP contribution is 2.26. The van der Waals surface area contributed by atoms with Crippen molar-refractivity contribution in [2.24, 2.45) is 9.98 Å². The predicted molar refractivity (Wildman–Crippen MR) is 153 cm³/mol. The number of rotatable bonds is 2. The summed E-state index contributed by atoms with van der Waals surface area (Å²) in [6, 6.07) is 36.5. The molecule has 0 bridgehead atoms. The molecule has 0 N–H and O–H groups in total. The van der Waals surface area contributed by atoms with E-state index in [0.717, 1.165) is 39.4 Å². The Labute approximate surface area is 217 Å². The molecular formula is C32H28N4O. The van der Waals surface area contributed by atoms with E-state index >= 15 is 0 Å². The molecule has 2 aliphatic heterocycles. The molecule has 2 heterocycles. The van der Waals surface area contributed by atoms with Crippen LogP contribution in [0.15, 0.2) is 132 Å². The summed E-state index contributed by atoms with van der Waals surface area (Å²) in [7, 11) is 3.84. The average molecular weight is 485 g/mol. The van der Waals surface area contributed by atoms with Gasteiger partial charge < -0.3 is 9.80 Å². The summed E-state index contributed by atoms with van der Waals surface area (Å²) in [4.78, 5) is 24.8. The lowest BCUT2D eigenvalue weighted by Gasteiger charge is -2.17. The van der Waals surface area contributed by atoms with Crippen molar-refractivity contribution in [2.45, 2.75) is 0 Å². The highest BCUT2D eigenvalue weighted by atomic mass is 16.2. The zero-order valence-corrected chi connectivity index (χ0v) is 21.0. The summed E-state index contributed by atoms with van der Waals surface area (Å²) in [5, 5.41) is 0. The SMILES string of the molecule is CN1C(=O)CN=C(c2ccccc2)c2ccccc21.CN1C=CN=C(c2ccccc2)c2ccccc21. The topological polar surface area (TPSA) is 48.3 Å². The summed E-state index contributed by atoms with van der Waals surface area (Å²) >= 11 is 0. The molecule has 0 fully saturated rings. The molecule has 0 spiro atoms. The lowest BCUT2D eigenvalue weighted by Crippen LogP contribution is -2.27. The molecule has 0 aliphatic carbocycles. The number of hydrogen-bond acceptors (Lipinski definition) is 4. The third kappa shape index (κ3) is 5.11. The molecule has 0 atom stereocenters. The summed E-state index contributed by atoms with van der Waals surface area (Å²) in [5.41, 5.74) is 8.34. The van der Waals surface area contributed by atoms with E-state index in [1.807, 2.05) is 92.2 Å². The molecule has 37 heavy (non-hydrogen) atoms. The van der Waals surface area contributed by atoms with Crippen LogP contribution >= 0.6 is 0 Å². The second kappa shape index (κ2) is 10.9. The number of aliphatic imine (C=N–C) groups is 2. The van der Waals surface area contributed by atoms with Gasteiger partial charge in [-0.1, -0.05) is 97.1 Å². The van der Waals surface area contributed by atoms with Gasteiger partial charge in [-0.3, -0.25) is 14.8 Å². The maximum Gasteiger partial charge on any atom is 0.248 e. The fourth-order valence-corrected chi connectivity index (χ4v) is 4.45. The second-order valence-electron chi connectivity index (χ2n) is 8.77. The highest BCUT2D eigenvalue weighted by molar-refractivity contribution is 6.19. The van der Waals surface area contributed by atoms with Crippen molar-refractivity contribution >= 4 is 28.7 Å². The van der Waals surface area contributed by atoms with Gasteiger partial charge in [0.1, 0.15) is 6.54 Å². The van der Waals surface area contributed by atoms with Crippen LogP contribution in [0.1, 0.15) is 22.3 Å². The van der Waals surface area contributed by atoms with Gasteiger partial charge in [-0.05, 0) is 12.1 Å². The number of hydrogen-bond donors (Lipinski definition) is 0. The van der Waals surface area contributed by atoms with Crippen LogP contribution in [0.2, 0.25) is 0 Å². The van der Waals surface area contributed by atoms with E-state index in [9.17, 15) is 4.79 Å². The van der Waals surface area contributed by atoms with Gasteiger partial charge in [0, 0.05) is 54.4 Å². The van der Waals surface area contributed by atoms with Gasteiger partial charge >= 0.3 is 0 Å². The van der Waals surface area contributed by atoms with Gasteiger partial charge in [-0.25, -0.2) is 0 Å². The van der Waals surface area contributed by atoms with Gasteiger partial charge in [0.25, 0.3) is 0 Å². The third-order valence-electron chi connectivity index (χ3n) is 6.39. The molecular weight excluding hydrogens is 456 g/mol. The van der Waals surface area contributed by atoms with Crippen LogP contribution in [0.3, 0.4) is 0 Å². The lowest BCUT2D eigenvalue weighted by atomic mass is 10.0. The molecule has 0 aromatic heterocycles. The van der Waals surface area contributed by atoms with Crippen LogP contribution in [-0.4, -0.2) is 38.0 Å². The Hall–Kier alpha value is -4.77. The molecule has 0 saturated carbocycles. The molecule has 182 valence electrons. The molecule has 4 aromatic rings. The van der Waals surface area contributed by atoms with Crippen molar-refractivity contribution < 1.29 is 4.79 Å². The fourth-order valence-electron chi connectivity index (χ4n) is 4.45. The fraction of sp³-hybridized carbons (Fsp3) is 0.0938. The lowest BCUT2D eigenvalue weighted by molar-refractivity contribution is -0.116. The maximum absolute atomic E-state index is 12.0. The van der Waals surface area contributed by atoms with Crippen molar-refractivity contribution in [3.05, 3.63) is 144 Å². The minimum Gasteiger partial charge on any atom is -0.349 e. The number of benzodiazepines with no additional fused rings is 1. The summed E-state index contributed by atoms with van der Waals surface area (Å²) < 4.78 is 0. The van der Waals surface area contributed by atoms with Gasteiger partial charge in [0.2, 0.25) is 5.91 Å². The van der Waals surface area contributed by atoms with Gasteiger partial charge in [0.15, 0.2) is 0 Å². The number of fused-ring (bicyclic) bond motifs is 2. The number of carbonyl (C=O) groups is 1. The number of nitrogens with zero attached hydrogens (tertiary/aromatic N) is 4. The van der Waals surface area contributed by atoms with Crippen LogP contribution in [0.25, 0.3) is 0 Å². The Morgan fingerprint density at radius 1 is 0.622 bits per heavy atom. The van der Waals surface area contributed by atoms with Gasteiger partial charge in [-0.15, -0.1) is 0 Å². The average Bonchev–Trinajstić information content (AvgIpc) is 3.20. The minimum atomic E-state index is 0.0124. The number of para-hydroxylation sites is 2. The maximum atomic E-state index is 12.0. The number of carbonyl (C=O) groups excluding carboxylic acids is 1. The third-order valence-corrected chi connectivity index (χ3v) is 6.39. The van der Waals surface area contributed by atoms with Crippen LogP contribution in [0.4, 0.5) is 11.4 Å². The first-order valence-corrected chi connectivity index (χ1v) is 12.2. The minimum absolute atomic E-state index is 0.0124. The molecule has 5 heteroatoms. The first-order valence-electron chi connectivity index (χ1n) is 12.2. The summed E-state index contributed by atoms with van der Waals surface area (Å²) in [6.45, 7) is 0.190. The largest absolute Gasteiger partial charge is 0.349 e. The molecule has 4 aromatic carbocycles. The Balaban J connectivity index is 0.000000152. The first kappa shape index (κ1) is 23.9. The van der Waals surface area contributed by atoms with E-state index in [-0.39, 0.29) is 12.5 Å². The number of benzene rings is 4. The van der Waals surface area contributed by atoms with Crippen molar-refractivity contribution in [1.82, 2.24) is 0 Å². The Bertz CT molecular complexity index is 1490. The summed E-state index contributed by atoms with van der Waals surface area (Å²) in [6.07, 6.45) is 3.83. The molecule has 0 saturated heterocycles. The van der Waals surface area contributed by atoms with Crippen LogP contribution in [-0.2, 0) is 4.79 Å². The quantitative estimate of drug-likeness (QED) is 0.353. The van der Waals surface area contributed by atoms with Crippen LogP contribution in [0, 0.1) is 0 Å². The molecule has 6 rings (SSSR count). The van der Waals surface area contributed by atoms with Crippen molar-refractivity contribution in [3.8, 4) is 0 Å². The Kier molecular flexibility index (Phi) is 7.04. The van der Waals surface area contributed by atoms with E-state index in [0.29, 0.717) is 0 Å². The van der Waals surface area contributed by atoms with E-state index in [1.54, 1.807) is 11.9 Å². The zero-order chi connectivity index (χ0) is 25.6. The molecule has 2 aliphatic rings. The number of amides is 1. The Morgan fingerprint density at radius 3 is 1.78 bits per heavy atom. The monoisotopic (exact) mass is 484 g/mol. The van der Waals surface area contributed by atoms with E-state index in [4.69, 9.17) is 0 Å². The Morgan fingerprint density at radius 2 is 1.14 bits per heavy atom. The van der Waals surface area contributed by atoms with Crippen LogP contribution in [0.5, 0.6) is 0 Å². The standard InChI is InChI=1S/C16H14N2O.C16H14N2/c1-18-14-10-6-5-9-13(14)16(17-11-15(18)19)12-7-3-2-4-8-12;1-18-12-11-17-16(13-7-3-2-4-8-13)14-9-5-6-10-15(14)18/h2-10H,11H2,1H3;2-12H,1H3. The molecule has 1 amide bonds. The van der Waals surface area contributed by atoms with E-state index in [2.05, 4.69) is 51.3 Å². The van der Waals surface area contributed by atoms with Crippen LogP contribution < -0.4 is 9.80 Å².